The summed E-state index contributed by atoms with van der Waals surface area (Å²) in [5.74, 6) is 0. The van der Waals surface area contributed by atoms with E-state index >= 15 is 0 Å². The molecule has 1 rings (SSSR count). The summed E-state index contributed by atoms with van der Waals surface area (Å²) in [4.78, 5) is 0. The summed E-state index contributed by atoms with van der Waals surface area (Å²) in [5.41, 5.74) is 0.898. The van der Waals surface area contributed by atoms with Gasteiger partial charge in [0.25, 0.3) is 0 Å². The van der Waals surface area contributed by atoms with E-state index in [2.05, 4.69) is 24.3 Å². The molecule has 0 aliphatic heterocycles. The standard InChI is InChI=1S/C6H5N.C5H10.2ClH.W/c7-6-4-2-1-3-5-6;1-5(2,3)4;;;/h1-5H;1H,2-4H3;2*1H;/q;;;;+2/p-2. The molecule has 0 fully saturated rings. The molecule has 1 aromatic carbocycles. The van der Waals surface area contributed by atoms with Crippen LogP contribution in [0.25, 0.3) is 0 Å². The quantitative estimate of drug-likeness (QED) is 0.624. The van der Waals surface area contributed by atoms with E-state index in [1.54, 1.807) is 0 Å². The number of hydrogen-bond donors (Lipinski definition) is 0. The molecule has 0 amide bonds. The van der Waals surface area contributed by atoms with Crippen molar-refractivity contribution in [1.29, 1.82) is 0 Å². The van der Waals surface area contributed by atoms with E-state index in [0.29, 0.717) is 0 Å². The molecule has 0 unspecified atom stereocenters. The van der Waals surface area contributed by atoms with Gasteiger partial charge in [-0.3, -0.25) is 0 Å². The first-order chi connectivity index (χ1) is 6.79. The molecule has 0 saturated heterocycles. The zero-order valence-corrected chi connectivity index (χ0v) is 13.5. The van der Waals surface area contributed by atoms with Gasteiger partial charge >= 0.3 is 102 Å². The molecule has 15 heavy (non-hydrogen) atoms. The van der Waals surface area contributed by atoms with Crippen molar-refractivity contribution in [2.45, 2.75) is 20.8 Å². The van der Waals surface area contributed by atoms with Crippen LogP contribution in [0.1, 0.15) is 20.8 Å². The summed E-state index contributed by atoms with van der Waals surface area (Å²) < 4.78 is 6.48. The molecule has 0 N–H and O–H groups in total. The van der Waals surface area contributed by atoms with Crippen LogP contribution in [-0.4, -0.2) is 4.40 Å². The van der Waals surface area contributed by atoms with Gasteiger partial charge in [0.2, 0.25) is 0 Å². The maximum atomic E-state index is 6.31. The molecule has 0 aliphatic carbocycles. The van der Waals surface area contributed by atoms with Crippen molar-refractivity contribution in [3.63, 3.8) is 0 Å². The van der Waals surface area contributed by atoms with E-state index in [4.69, 9.17) is 18.8 Å². The summed E-state index contributed by atoms with van der Waals surface area (Å²) in [6.07, 6.45) is 0. The van der Waals surface area contributed by atoms with Crippen molar-refractivity contribution >= 4 is 28.9 Å². The normalized spacial score (nSPS) is 12.3. The van der Waals surface area contributed by atoms with Gasteiger partial charge in [0.05, 0.1) is 0 Å². The Hall–Kier alpha value is 0.158. The molecule has 0 bridgehead atoms. The van der Waals surface area contributed by atoms with Crippen LogP contribution in [0.4, 0.5) is 5.69 Å². The minimum absolute atomic E-state index is 0.0249. The number of nitrogens with zero attached hydrogens (tertiary/aromatic N) is 1. The van der Waals surface area contributed by atoms with Gasteiger partial charge in [0.15, 0.2) is 0 Å². The molecule has 84 valence electrons. The number of benzene rings is 1. The number of rotatable bonds is 1. The number of hydrogen-bond acceptors (Lipinski definition) is 1. The fraction of sp³-hybridized carbons (Fsp3) is 0.364. The van der Waals surface area contributed by atoms with Gasteiger partial charge < -0.3 is 0 Å². The Balaban J connectivity index is 3.18. The maximum absolute atomic E-state index is 6.31. The first-order valence-corrected chi connectivity index (χ1v) is 14.9. The fourth-order valence-corrected chi connectivity index (χ4v) is 11.5. The van der Waals surface area contributed by atoms with Gasteiger partial charge in [-0.05, 0) is 0 Å². The zero-order chi connectivity index (χ0) is 11.5. The Kier molecular flexibility index (Phi) is 4.40. The fourth-order valence-electron chi connectivity index (χ4n) is 1.08. The van der Waals surface area contributed by atoms with E-state index in [-0.39, 0.29) is 5.41 Å². The predicted octanol–water partition coefficient (Wildman–Crippen LogP) is 4.81. The molecular formula is C11H15Cl2NW. The Morgan fingerprint density at radius 2 is 1.67 bits per heavy atom. The molecule has 4 heteroatoms. The summed E-state index contributed by atoms with van der Waals surface area (Å²) >= 11 is -3.37. The molecule has 1 aromatic rings. The van der Waals surface area contributed by atoms with Crippen molar-refractivity contribution in [1.82, 2.24) is 0 Å². The molecule has 0 aliphatic rings. The van der Waals surface area contributed by atoms with Crippen LogP contribution in [0.5, 0.6) is 0 Å². The molecule has 0 radical (unpaired) electrons. The second-order valence-corrected chi connectivity index (χ2v) is 18.3. The summed E-state index contributed by atoms with van der Waals surface area (Å²) in [5, 5.41) is 0. The van der Waals surface area contributed by atoms with Crippen LogP contribution in [0, 0.1) is 5.41 Å². The third kappa shape index (κ3) is 5.70. The Morgan fingerprint density at radius 3 is 2.13 bits per heavy atom. The summed E-state index contributed by atoms with van der Waals surface area (Å²) in [6, 6.07) is 9.67. The minimum atomic E-state index is -3.37. The Bertz CT molecular complexity index is 429. The first-order valence-electron chi connectivity index (χ1n) is 4.65. The average molecular weight is 416 g/mol. The second-order valence-electron chi connectivity index (χ2n) is 4.39. The van der Waals surface area contributed by atoms with E-state index < -0.39 is 13.3 Å². The molecule has 0 heterocycles. The first kappa shape index (κ1) is 13.2. The molecule has 0 spiro atoms. The summed E-state index contributed by atoms with van der Waals surface area (Å²) in [7, 11) is 12.6. The van der Waals surface area contributed by atoms with E-state index in [1.165, 1.54) is 0 Å². The van der Waals surface area contributed by atoms with Crippen LogP contribution >= 0.6 is 18.8 Å². The predicted molar refractivity (Wildman–Crippen MR) is 65.8 cm³/mol. The van der Waals surface area contributed by atoms with E-state index in [1.807, 2.05) is 34.7 Å². The van der Waals surface area contributed by atoms with Crippen LogP contribution in [0.3, 0.4) is 0 Å². The van der Waals surface area contributed by atoms with Crippen molar-refractivity contribution < 1.29 is 13.3 Å². The van der Waals surface area contributed by atoms with Gasteiger partial charge in [0.1, 0.15) is 0 Å². The van der Waals surface area contributed by atoms with Crippen LogP contribution in [0.15, 0.2) is 33.8 Å². The van der Waals surface area contributed by atoms with Crippen molar-refractivity contribution in [3.05, 3.63) is 30.3 Å². The second kappa shape index (κ2) is 4.99. The summed E-state index contributed by atoms with van der Waals surface area (Å²) in [6.45, 7) is 6.26. The molecular weight excluding hydrogens is 401 g/mol. The van der Waals surface area contributed by atoms with Crippen LogP contribution in [-0.2, 0) is 13.3 Å². The molecule has 0 aromatic heterocycles. The Labute approximate surface area is 102 Å². The van der Waals surface area contributed by atoms with Crippen LogP contribution < -0.4 is 0 Å². The third-order valence-corrected chi connectivity index (χ3v) is 9.26. The number of halogens is 2. The zero-order valence-electron chi connectivity index (χ0n) is 9.08. The monoisotopic (exact) mass is 415 g/mol. The van der Waals surface area contributed by atoms with Crippen molar-refractivity contribution in [2.24, 2.45) is 8.91 Å². The van der Waals surface area contributed by atoms with Crippen molar-refractivity contribution in [3.8, 4) is 0 Å². The van der Waals surface area contributed by atoms with Gasteiger partial charge in [-0.15, -0.1) is 0 Å². The molecule has 0 saturated carbocycles. The van der Waals surface area contributed by atoms with Crippen LogP contribution in [0.2, 0.25) is 0 Å². The van der Waals surface area contributed by atoms with Gasteiger partial charge in [-0.1, -0.05) is 0 Å². The average Bonchev–Trinajstić information content (AvgIpc) is 1.99. The Morgan fingerprint density at radius 1 is 1.13 bits per heavy atom. The van der Waals surface area contributed by atoms with Gasteiger partial charge in [-0.2, -0.15) is 0 Å². The SMILES string of the molecule is CC(C)(C)[CH]=[W]([Cl])([Cl])=[N]c1ccccc1. The topological polar surface area (TPSA) is 12.4 Å². The molecule has 0 atom stereocenters. The van der Waals surface area contributed by atoms with Gasteiger partial charge in [0, 0.05) is 0 Å². The van der Waals surface area contributed by atoms with Gasteiger partial charge in [-0.25, -0.2) is 0 Å². The third-order valence-electron chi connectivity index (χ3n) is 1.48. The van der Waals surface area contributed by atoms with Crippen molar-refractivity contribution in [2.75, 3.05) is 0 Å². The van der Waals surface area contributed by atoms with E-state index in [9.17, 15) is 0 Å². The van der Waals surface area contributed by atoms with E-state index in [0.717, 1.165) is 5.69 Å². The molecule has 1 nitrogen and oxygen atoms in total.